The highest BCUT2D eigenvalue weighted by Gasteiger charge is 2.11. The summed E-state index contributed by atoms with van der Waals surface area (Å²) in [5, 5.41) is 2.43. The molecule has 5 nitrogen and oxygen atoms in total. The van der Waals surface area contributed by atoms with Crippen molar-refractivity contribution < 1.29 is 14.3 Å². The van der Waals surface area contributed by atoms with Crippen LogP contribution in [0.5, 0.6) is 0 Å². The number of hydrogen-bond donors (Lipinski definition) is 2. The molecule has 1 aromatic heterocycles. The normalized spacial score (nSPS) is 9.47. The standard InChI is InChI=1S/C9H10N2O3S/c1-10-7(12)6-3-5(9(13)14-2)4-11-8(6)15/h3-4H,1-2H3,(H,10,12)(H,11,15). The second kappa shape index (κ2) is 4.70. The lowest BCUT2D eigenvalue weighted by Crippen LogP contribution is -2.19. The highest BCUT2D eigenvalue weighted by molar-refractivity contribution is 7.71. The fourth-order valence-corrected chi connectivity index (χ4v) is 1.23. The summed E-state index contributed by atoms with van der Waals surface area (Å²) in [5.74, 6) is -0.867. The van der Waals surface area contributed by atoms with Gasteiger partial charge in [0.1, 0.15) is 4.64 Å². The van der Waals surface area contributed by atoms with Crippen LogP contribution in [0, 0.1) is 4.64 Å². The third-order valence-electron chi connectivity index (χ3n) is 1.80. The Balaban J connectivity index is 3.22. The average Bonchev–Trinajstić information content (AvgIpc) is 2.27. The van der Waals surface area contributed by atoms with Gasteiger partial charge in [0.2, 0.25) is 0 Å². The Kier molecular flexibility index (Phi) is 3.56. The smallest absolute Gasteiger partial charge is 0.339 e. The molecule has 0 unspecified atom stereocenters. The van der Waals surface area contributed by atoms with Gasteiger partial charge in [0.05, 0.1) is 18.2 Å². The first-order chi connectivity index (χ1) is 7.10. The molecule has 0 fully saturated rings. The Bertz CT molecular complexity index is 453. The number of carbonyl (C=O) groups is 2. The molecule has 2 N–H and O–H groups in total. The van der Waals surface area contributed by atoms with E-state index in [0.717, 1.165) is 0 Å². The van der Waals surface area contributed by atoms with Crippen LogP contribution in [0.3, 0.4) is 0 Å². The number of carbonyl (C=O) groups excluding carboxylic acids is 2. The van der Waals surface area contributed by atoms with Crippen LogP contribution in [0.1, 0.15) is 20.7 Å². The molecule has 0 spiro atoms. The van der Waals surface area contributed by atoms with Crippen LogP contribution in [-0.2, 0) is 4.74 Å². The molecule has 1 heterocycles. The molecule has 0 aromatic carbocycles. The van der Waals surface area contributed by atoms with Gasteiger partial charge < -0.3 is 15.0 Å². The lowest BCUT2D eigenvalue weighted by atomic mass is 10.2. The monoisotopic (exact) mass is 226 g/mol. The van der Waals surface area contributed by atoms with E-state index in [1.54, 1.807) is 0 Å². The molecule has 15 heavy (non-hydrogen) atoms. The first kappa shape index (κ1) is 11.4. The fourth-order valence-electron chi connectivity index (χ4n) is 1.02. The fraction of sp³-hybridized carbons (Fsp3) is 0.222. The molecule has 0 aliphatic carbocycles. The van der Waals surface area contributed by atoms with Gasteiger partial charge in [0.15, 0.2) is 0 Å². The van der Waals surface area contributed by atoms with Crippen molar-refractivity contribution in [1.29, 1.82) is 0 Å². The van der Waals surface area contributed by atoms with E-state index in [0.29, 0.717) is 0 Å². The predicted octanol–water partition coefficient (Wildman–Crippen LogP) is 0.890. The zero-order valence-corrected chi connectivity index (χ0v) is 9.10. The molecule has 0 aliphatic heterocycles. The average molecular weight is 226 g/mol. The number of esters is 1. The number of amides is 1. The van der Waals surface area contributed by atoms with E-state index in [1.165, 1.54) is 26.4 Å². The van der Waals surface area contributed by atoms with E-state index in [1.807, 2.05) is 0 Å². The Labute approximate surface area is 91.5 Å². The number of pyridine rings is 1. The summed E-state index contributed by atoms with van der Waals surface area (Å²) in [6.07, 6.45) is 1.40. The third kappa shape index (κ3) is 2.41. The minimum atomic E-state index is -0.522. The number of methoxy groups -OCH3 is 1. The number of ether oxygens (including phenoxy) is 1. The van der Waals surface area contributed by atoms with Gasteiger partial charge >= 0.3 is 5.97 Å². The zero-order valence-electron chi connectivity index (χ0n) is 8.29. The minimum Gasteiger partial charge on any atom is -0.465 e. The molecule has 1 amide bonds. The van der Waals surface area contributed by atoms with E-state index < -0.39 is 5.97 Å². The molecule has 0 atom stereocenters. The van der Waals surface area contributed by atoms with Gasteiger partial charge in [-0.3, -0.25) is 4.79 Å². The van der Waals surface area contributed by atoms with Crippen LogP contribution < -0.4 is 5.32 Å². The maximum absolute atomic E-state index is 11.3. The van der Waals surface area contributed by atoms with Crippen LogP contribution in [0.15, 0.2) is 12.3 Å². The highest BCUT2D eigenvalue weighted by atomic mass is 32.1. The van der Waals surface area contributed by atoms with Crippen molar-refractivity contribution in [3.63, 3.8) is 0 Å². The number of rotatable bonds is 2. The molecular formula is C9H10N2O3S. The molecule has 1 aromatic rings. The number of H-pyrrole nitrogens is 1. The van der Waals surface area contributed by atoms with Crippen LogP contribution in [0.25, 0.3) is 0 Å². The maximum atomic E-state index is 11.3. The summed E-state index contributed by atoms with van der Waals surface area (Å²) >= 11 is 4.91. The van der Waals surface area contributed by atoms with Crippen LogP contribution >= 0.6 is 12.2 Å². The number of nitrogens with one attached hydrogen (secondary N) is 2. The Morgan fingerprint density at radius 1 is 1.53 bits per heavy atom. The summed E-state index contributed by atoms with van der Waals surface area (Å²) in [5.41, 5.74) is 0.500. The van der Waals surface area contributed by atoms with Gasteiger partial charge in [-0.1, -0.05) is 12.2 Å². The number of hydrogen-bond acceptors (Lipinski definition) is 4. The molecular weight excluding hydrogens is 216 g/mol. The molecule has 0 saturated heterocycles. The largest absolute Gasteiger partial charge is 0.465 e. The van der Waals surface area contributed by atoms with E-state index in [9.17, 15) is 9.59 Å². The van der Waals surface area contributed by atoms with Crippen LogP contribution in [-0.4, -0.2) is 31.0 Å². The minimum absolute atomic E-state index is 0.246. The summed E-state index contributed by atoms with van der Waals surface area (Å²) < 4.78 is 4.80. The van der Waals surface area contributed by atoms with E-state index >= 15 is 0 Å². The third-order valence-corrected chi connectivity index (χ3v) is 2.13. The van der Waals surface area contributed by atoms with Crippen molar-refractivity contribution in [3.8, 4) is 0 Å². The maximum Gasteiger partial charge on any atom is 0.339 e. The zero-order chi connectivity index (χ0) is 11.4. The van der Waals surface area contributed by atoms with Crippen molar-refractivity contribution >= 4 is 24.1 Å². The molecule has 0 radical (unpaired) electrons. The van der Waals surface area contributed by atoms with Gasteiger partial charge in [0, 0.05) is 13.2 Å². The van der Waals surface area contributed by atoms with Gasteiger partial charge in [-0.2, -0.15) is 0 Å². The Morgan fingerprint density at radius 3 is 2.73 bits per heavy atom. The highest BCUT2D eigenvalue weighted by Crippen LogP contribution is 2.06. The number of aromatic amines is 1. The molecule has 1 rings (SSSR count). The lowest BCUT2D eigenvalue weighted by Gasteiger charge is -2.03. The van der Waals surface area contributed by atoms with Gasteiger partial charge in [0.25, 0.3) is 5.91 Å². The van der Waals surface area contributed by atoms with E-state index in [4.69, 9.17) is 12.2 Å². The number of aromatic nitrogens is 1. The van der Waals surface area contributed by atoms with Gasteiger partial charge in [-0.15, -0.1) is 0 Å². The van der Waals surface area contributed by atoms with Crippen molar-refractivity contribution in [2.45, 2.75) is 0 Å². The van der Waals surface area contributed by atoms with Crippen LogP contribution in [0.4, 0.5) is 0 Å². The molecule has 0 bridgehead atoms. The van der Waals surface area contributed by atoms with E-state index in [2.05, 4.69) is 15.0 Å². The van der Waals surface area contributed by atoms with Crippen molar-refractivity contribution in [3.05, 3.63) is 28.0 Å². The molecule has 0 aliphatic rings. The summed E-state index contributed by atoms with van der Waals surface area (Å²) in [6, 6.07) is 1.39. The topological polar surface area (TPSA) is 71.2 Å². The summed E-state index contributed by atoms with van der Waals surface area (Å²) in [4.78, 5) is 25.2. The molecule has 80 valence electrons. The SMILES string of the molecule is CNC(=O)c1cc(C(=O)OC)c[nH]c1=S. The van der Waals surface area contributed by atoms with Crippen LogP contribution in [0.2, 0.25) is 0 Å². The van der Waals surface area contributed by atoms with Crippen molar-refractivity contribution in [2.75, 3.05) is 14.2 Å². The predicted molar refractivity (Wildman–Crippen MR) is 56.4 cm³/mol. The van der Waals surface area contributed by atoms with Crippen molar-refractivity contribution in [2.24, 2.45) is 0 Å². The van der Waals surface area contributed by atoms with E-state index in [-0.39, 0.29) is 21.7 Å². The first-order valence-electron chi connectivity index (χ1n) is 4.13. The summed E-state index contributed by atoms with van der Waals surface area (Å²) in [6.45, 7) is 0. The van der Waals surface area contributed by atoms with Gasteiger partial charge in [-0.25, -0.2) is 4.79 Å². The van der Waals surface area contributed by atoms with Crippen molar-refractivity contribution in [1.82, 2.24) is 10.3 Å². The van der Waals surface area contributed by atoms with Gasteiger partial charge in [-0.05, 0) is 6.07 Å². The second-order valence-corrected chi connectivity index (χ2v) is 3.11. The lowest BCUT2D eigenvalue weighted by molar-refractivity contribution is 0.0600. The first-order valence-corrected chi connectivity index (χ1v) is 4.54. The molecule has 6 heteroatoms. The second-order valence-electron chi connectivity index (χ2n) is 2.70. The summed E-state index contributed by atoms with van der Waals surface area (Å²) in [7, 11) is 2.76. The quantitative estimate of drug-likeness (QED) is 0.580. The Morgan fingerprint density at radius 2 is 2.20 bits per heavy atom. The Hall–Kier alpha value is -1.69. The molecule has 0 saturated carbocycles.